The summed E-state index contributed by atoms with van der Waals surface area (Å²) in [5, 5.41) is 3.85. The van der Waals surface area contributed by atoms with Gasteiger partial charge in [-0.1, -0.05) is 13.8 Å². The van der Waals surface area contributed by atoms with E-state index in [0.29, 0.717) is 12.3 Å². The molecule has 2 heterocycles. The van der Waals surface area contributed by atoms with Crippen molar-refractivity contribution in [3.05, 3.63) is 43.5 Å². The van der Waals surface area contributed by atoms with Gasteiger partial charge in [0.15, 0.2) is 0 Å². The largest absolute Gasteiger partial charge is 0.345 e. The Hall–Kier alpha value is -2.02. The van der Waals surface area contributed by atoms with Gasteiger partial charge in [0.2, 0.25) is 0 Å². The zero-order valence-electron chi connectivity index (χ0n) is 14.9. The van der Waals surface area contributed by atoms with Crippen LogP contribution in [0.4, 0.5) is 0 Å². The number of carbonyl (C=O) groups excluding carboxylic acids is 1. The van der Waals surface area contributed by atoms with E-state index >= 15 is 0 Å². The lowest BCUT2D eigenvalue weighted by molar-refractivity contribution is 0.0934. The van der Waals surface area contributed by atoms with Crippen LogP contribution in [0.3, 0.4) is 0 Å². The van der Waals surface area contributed by atoms with Gasteiger partial charge in [-0.05, 0) is 51.0 Å². The lowest BCUT2D eigenvalue weighted by atomic mass is 10.0. The smallest absolute Gasteiger partial charge is 0.342 e. The van der Waals surface area contributed by atoms with E-state index in [9.17, 15) is 9.59 Å². The van der Waals surface area contributed by atoms with Crippen LogP contribution >= 0.6 is 11.3 Å². The van der Waals surface area contributed by atoms with Gasteiger partial charge in [0, 0.05) is 10.6 Å². The molecule has 134 valence electrons. The summed E-state index contributed by atoms with van der Waals surface area (Å²) < 4.78 is 0. The van der Waals surface area contributed by atoms with E-state index in [2.05, 4.69) is 34.1 Å². The Labute approximate surface area is 151 Å². The van der Waals surface area contributed by atoms with Crippen molar-refractivity contribution in [3.8, 4) is 0 Å². The molecule has 0 bridgehead atoms. The van der Waals surface area contributed by atoms with Crippen molar-refractivity contribution in [1.29, 1.82) is 0 Å². The van der Waals surface area contributed by atoms with E-state index in [1.54, 1.807) is 17.4 Å². The molecule has 1 unspecified atom stereocenters. The average Bonchev–Trinajstić information content (AvgIpc) is 2.97. The van der Waals surface area contributed by atoms with Crippen molar-refractivity contribution >= 4 is 17.2 Å². The normalized spacial score (nSPS) is 15.0. The maximum atomic E-state index is 12.5. The average molecular weight is 360 g/mol. The number of aromatic nitrogens is 3. The molecule has 1 aliphatic carbocycles. The van der Waals surface area contributed by atoms with Gasteiger partial charge in [0.05, 0.1) is 11.7 Å². The molecular formula is C18H24N4O2S. The molecular weight excluding hydrogens is 336 g/mol. The Kier molecular flexibility index (Phi) is 5.32. The molecule has 25 heavy (non-hydrogen) atoms. The van der Waals surface area contributed by atoms with Crippen molar-refractivity contribution < 1.29 is 4.79 Å². The minimum atomic E-state index is -0.485. The molecule has 3 rings (SSSR count). The van der Waals surface area contributed by atoms with Crippen LogP contribution in [0.5, 0.6) is 0 Å². The summed E-state index contributed by atoms with van der Waals surface area (Å²) in [4.78, 5) is 36.8. The number of carbonyl (C=O) groups is 1. The first-order valence-corrected chi connectivity index (χ1v) is 9.63. The molecule has 1 aliphatic rings. The van der Waals surface area contributed by atoms with Gasteiger partial charge in [-0.3, -0.25) is 4.79 Å². The van der Waals surface area contributed by atoms with Crippen molar-refractivity contribution in [1.82, 2.24) is 20.3 Å². The number of rotatable bonds is 5. The maximum absolute atomic E-state index is 12.5. The number of fused-ring (bicyclic) bond motifs is 1. The highest BCUT2D eigenvalue weighted by atomic mass is 32.1. The Balaban J connectivity index is 1.74. The molecule has 0 aliphatic heterocycles. The fourth-order valence-corrected chi connectivity index (χ4v) is 4.22. The third kappa shape index (κ3) is 4.34. The molecule has 6 nitrogen and oxygen atoms in total. The van der Waals surface area contributed by atoms with E-state index in [1.807, 2.05) is 6.92 Å². The van der Waals surface area contributed by atoms with E-state index in [0.717, 1.165) is 23.5 Å². The number of hydrogen-bond donors (Lipinski definition) is 2. The molecule has 0 spiro atoms. The van der Waals surface area contributed by atoms with Gasteiger partial charge >= 0.3 is 5.69 Å². The summed E-state index contributed by atoms with van der Waals surface area (Å²) in [6.45, 7) is 6.04. The minimum absolute atomic E-state index is 0.160. The quantitative estimate of drug-likeness (QED) is 0.858. The van der Waals surface area contributed by atoms with Gasteiger partial charge in [-0.2, -0.15) is 4.98 Å². The Bertz CT molecular complexity index is 801. The summed E-state index contributed by atoms with van der Waals surface area (Å²) in [5.41, 5.74) is 1.59. The second kappa shape index (κ2) is 7.47. The van der Waals surface area contributed by atoms with Gasteiger partial charge in [-0.25, -0.2) is 9.78 Å². The Morgan fingerprint density at radius 3 is 2.76 bits per heavy atom. The number of nitrogens with one attached hydrogen (secondary N) is 2. The fraction of sp³-hybridized carbons (Fsp3) is 0.556. The van der Waals surface area contributed by atoms with Crippen molar-refractivity contribution in [2.45, 2.75) is 58.9 Å². The zero-order valence-corrected chi connectivity index (χ0v) is 15.7. The molecule has 2 N–H and O–H groups in total. The lowest BCUT2D eigenvalue weighted by Gasteiger charge is -2.11. The highest BCUT2D eigenvalue weighted by Gasteiger charge is 2.21. The third-order valence-corrected chi connectivity index (χ3v) is 5.58. The number of aromatic amines is 1. The lowest BCUT2D eigenvalue weighted by Crippen LogP contribution is -2.30. The van der Waals surface area contributed by atoms with Crippen molar-refractivity contribution in [3.63, 3.8) is 0 Å². The molecule has 2 aromatic rings. The van der Waals surface area contributed by atoms with Crippen LogP contribution in [-0.4, -0.2) is 20.9 Å². The Morgan fingerprint density at radius 2 is 2.04 bits per heavy atom. The summed E-state index contributed by atoms with van der Waals surface area (Å²) >= 11 is 1.68. The first-order chi connectivity index (χ1) is 11.9. The van der Waals surface area contributed by atoms with Crippen LogP contribution in [0.25, 0.3) is 0 Å². The summed E-state index contributed by atoms with van der Waals surface area (Å²) in [5.74, 6) is 0.0475. The third-order valence-electron chi connectivity index (χ3n) is 4.24. The molecule has 1 amide bonds. The number of nitrogens with zero attached hydrogens (tertiary/aromatic N) is 2. The summed E-state index contributed by atoms with van der Waals surface area (Å²) in [6.07, 6.45) is 5.21. The highest BCUT2D eigenvalue weighted by Crippen LogP contribution is 2.29. The van der Waals surface area contributed by atoms with Crippen molar-refractivity contribution in [2.24, 2.45) is 5.92 Å². The van der Waals surface area contributed by atoms with Crippen LogP contribution in [0.2, 0.25) is 0 Å². The van der Waals surface area contributed by atoms with Gasteiger partial charge < -0.3 is 10.3 Å². The van der Waals surface area contributed by atoms with Gasteiger partial charge in [-0.15, -0.1) is 11.3 Å². The van der Waals surface area contributed by atoms with Crippen LogP contribution in [0.1, 0.15) is 71.4 Å². The standard InChI is InChI=1S/C18H24N4O2S/c1-10(2)8-12-9-14(22-18(24)20-12)16(23)19-11(3)17-21-13-6-4-5-7-15(13)25-17/h9-11H,4-8H2,1-3H3,(H,19,23)(H,20,22,24). The summed E-state index contributed by atoms with van der Waals surface area (Å²) in [6, 6.07) is 1.47. The van der Waals surface area contributed by atoms with E-state index in [4.69, 9.17) is 0 Å². The first kappa shape index (κ1) is 17.8. The summed E-state index contributed by atoms with van der Waals surface area (Å²) in [7, 11) is 0. The van der Waals surface area contributed by atoms with Crippen LogP contribution in [0, 0.1) is 5.92 Å². The minimum Gasteiger partial charge on any atom is -0.342 e. The highest BCUT2D eigenvalue weighted by molar-refractivity contribution is 7.11. The number of aryl methyl sites for hydroxylation is 2. The predicted octanol–water partition coefficient (Wildman–Crippen LogP) is 2.79. The van der Waals surface area contributed by atoms with Gasteiger partial charge in [0.1, 0.15) is 10.7 Å². The second-order valence-corrected chi connectivity index (χ2v) is 8.13. The number of thiazole rings is 1. The maximum Gasteiger partial charge on any atom is 0.345 e. The van der Waals surface area contributed by atoms with Crippen molar-refractivity contribution in [2.75, 3.05) is 0 Å². The number of hydrogen-bond acceptors (Lipinski definition) is 5. The molecule has 2 aromatic heterocycles. The molecule has 0 saturated heterocycles. The SMILES string of the molecule is CC(C)Cc1cc(C(=O)NC(C)c2nc3c(s2)CCCC3)nc(=O)[nH]1. The molecule has 7 heteroatoms. The van der Waals surface area contributed by atoms with E-state index in [-0.39, 0.29) is 17.6 Å². The first-order valence-electron chi connectivity index (χ1n) is 8.82. The number of H-pyrrole nitrogens is 1. The molecule has 0 aromatic carbocycles. The van der Waals surface area contributed by atoms with Crippen LogP contribution in [0.15, 0.2) is 10.9 Å². The van der Waals surface area contributed by atoms with Crippen LogP contribution < -0.4 is 11.0 Å². The predicted molar refractivity (Wildman–Crippen MR) is 98.0 cm³/mol. The molecule has 0 fully saturated rings. The second-order valence-electron chi connectivity index (χ2n) is 7.02. The topological polar surface area (TPSA) is 87.7 Å². The zero-order chi connectivity index (χ0) is 18.0. The molecule has 0 saturated carbocycles. The van der Waals surface area contributed by atoms with Crippen LogP contribution in [-0.2, 0) is 19.3 Å². The molecule has 0 radical (unpaired) electrons. The number of amides is 1. The van der Waals surface area contributed by atoms with Gasteiger partial charge in [0.25, 0.3) is 5.91 Å². The van der Waals surface area contributed by atoms with E-state index < -0.39 is 5.69 Å². The van der Waals surface area contributed by atoms with E-state index in [1.165, 1.54) is 23.4 Å². The fourth-order valence-electron chi connectivity index (χ4n) is 3.06. The molecule has 1 atom stereocenters. The Morgan fingerprint density at radius 1 is 1.28 bits per heavy atom. The monoisotopic (exact) mass is 360 g/mol.